The zero-order valence-electron chi connectivity index (χ0n) is 22.3. The largest absolute Gasteiger partial charge is 0.444 e. The molecule has 1 saturated heterocycles. The molecule has 13 heteroatoms. The van der Waals surface area contributed by atoms with E-state index in [9.17, 15) is 18.0 Å². The van der Waals surface area contributed by atoms with E-state index in [1.807, 2.05) is 11.9 Å². The van der Waals surface area contributed by atoms with Crippen molar-refractivity contribution < 1.29 is 27.5 Å². The molecule has 1 fully saturated rings. The van der Waals surface area contributed by atoms with Crippen LogP contribution < -0.4 is 15.1 Å². The van der Waals surface area contributed by atoms with Crippen LogP contribution >= 0.6 is 0 Å². The van der Waals surface area contributed by atoms with Gasteiger partial charge in [-0.05, 0) is 52.3 Å². The number of benzene rings is 1. The van der Waals surface area contributed by atoms with Gasteiger partial charge < -0.3 is 19.8 Å². The van der Waals surface area contributed by atoms with Gasteiger partial charge >= 0.3 is 18.1 Å². The van der Waals surface area contributed by atoms with Crippen LogP contribution in [0.4, 0.5) is 4.79 Å². The van der Waals surface area contributed by atoms with Crippen LogP contribution in [0.2, 0.25) is 0 Å². The number of pyridine rings is 1. The van der Waals surface area contributed by atoms with Crippen LogP contribution in [-0.2, 0) is 19.6 Å². The fraction of sp³-hybridized carbons (Fsp3) is 0.385. The van der Waals surface area contributed by atoms with E-state index in [0.717, 1.165) is 9.54 Å². The number of carbonyl (C=O) groups excluding carboxylic acids is 2. The molecule has 1 amide bonds. The number of alkyl carbamates (subject to hydrolysis) is 1. The quantitative estimate of drug-likeness (QED) is 0.369. The van der Waals surface area contributed by atoms with E-state index >= 15 is 0 Å². The Hall–Kier alpha value is -4.13. The van der Waals surface area contributed by atoms with Crippen molar-refractivity contribution in [1.82, 2.24) is 23.9 Å². The number of hydrogen-bond donors (Lipinski definition) is 1. The van der Waals surface area contributed by atoms with E-state index in [1.54, 1.807) is 55.8 Å². The maximum Gasteiger partial charge on any atom is 0.407 e. The molecule has 0 aliphatic carbocycles. The molecule has 1 unspecified atom stereocenters. The molecule has 1 aromatic carbocycles. The van der Waals surface area contributed by atoms with Crippen molar-refractivity contribution in [1.29, 1.82) is 0 Å². The summed E-state index contributed by atoms with van der Waals surface area (Å²) in [6, 6.07) is 8.03. The Kier molecular flexibility index (Phi) is 6.49. The minimum Gasteiger partial charge on any atom is -0.444 e. The van der Waals surface area contributed by atoms with Crippen molar-refractivity contribution in [3.63, 3.8) is 0 Å². The molecular weight excluding hydrogens is 524 g/mol. The Morgan fingerprint density at radius 3 is 2.51 bits per heavy atom. The van der Waals surface area contributed by atoms with Gasteiger partial charge in [0.05, 0.1) is 23.7 Å². The SMILES string of the molecule is CC(=O)Oc1nc2cnc3c(ccn3S(=O)(=O)c3ccc(C)cc3)c2n1N1CCC(NC(=O)OC(C)(C)C)C1. The smallest absolute Gasteiger partial charge is 0.407 e. The maximum atomic E-state index is 13.5. The summed E-state index contributed by atoms with van der Waals surface area (Å²) in [6.45, 7) is 9.42. The molecule has 0 spiro atoms. The summed E-state index contributed by atoms with van der Waals surface area (Å²) in [6.07, 6.45) is 2.99. The van der Waals surface area contributed by atoms with Gasteiger partial charge in [0.25, 0.3) is 10.0 Å². The summed E-state index contributed by atoms with van der Waals surface area (Å²) in [5.41, 5.74) is 1.48. The predicted molar refractivity (Wildman–Crippen MR) is 144 cm³/mol. The van der Waals surface area contributed by atoms with Crippen LogP contribution in [0.25, 0.3) is 22.1 Å². The van der Waals surface area contributed by atoms with Crippen LogP contribution in [0.5, 0.6) is 6.01 Å². The zero-order valence-corrected chi connectivity index (χ0v) is 23.2. The van der Waals surface area contributed by atoms with Crippen molar-refractivity contribution in [2.45, 2.75) is 57.6 Å². The second-order valence-electron chi connectivity index (χ2n) is 10.5. The normalized spacial score (nSPS) is 16.1. The second-order valence-corrected chi connectivity index (χ2v) is 12.3. The van der Waals surface area contributed by atoms with Gasteiger partial charge in [0.15, 0.2) is 5.65 Å². The molecule has 5 rings (SSSR count). The lowest BCUT2D eigenvalue weighted by Crippen LogP contribution is -2.42. The van der Waals surface area contributed by atoms with Gasteiger partial charge in [-0.25, -0.2) is 26.8 Å². The summed E-state index contributed by atoms with van der Waals surface area (Å²) in [4.78, 5) is 33.2. The summed E-state index contributed by atoms with van der Waals surface area (Å²) in [5, 5.41) is 5.28. The summed E-state index contributed by atoms with van der Waals surface area (Å²) >= 11 is 0. The molecule has 4 aromatic rings. The Bertz CT molecular complexity index is 1680. The van der Waals surface area contributed by atoms with E-state index in [-0.39, 0.29) is 22.6 Å². The molecular formula is C26H30N6O6S. The van der Waals surface area contributed by atoms with Crippen molar-refractivity contribution in [2.75, 3.05) is 18.1 Å². The number of aryl methyl sites for hydroxylation is 1. The Labute approximate surface area is 225 Å². The van der Waals surface area contributed by atoms with Gasteiger partial charge in [-0.2, -0.15) is 4.98 Å². The number of nitrogens with zero attached hydrogens (tertiary/aromatic N) is 5. The molecule has 1 aliphatic heterocycles. The van der Waals surface area contributed by atoms with E-state index in [4.69, 9.17) is 9.47 Å². The molecule has 1 N–H and O–H groups in total. The third kappa shape index (κ3) is 5.13. The van der Waals surface area contributed by atoms with E-state index in [2.05, 4.69) is 15.3 Å². The summed E-state index contributed by atoms with van der Waals surface area (Å²) in [7, 11) is -3.92. The number of carbonyl (C=O) groups is 2. The Morgan fingerprint density at radius 2 is 1.85 bits per heavy atom. The molecule has 0 bridgehead atoms. The third-order valence-electron chi connectivity index (χ3n) is 6.23. The van der Waals surface area contributed by atoms with Gasteiger partial charge in [0.1, 0.15) is 16.6 Å². The van der Waals surface area contributed by atoms with E-state index in [1.165, 1.54) is 19.3 Å². The first-order valence-electron chi connectivity index (χ1n) is 12.5. The van der Waals surface area contributed by atoms with Crippen LogP contribution in [0.3, 0.4) is 0 Å². The topological polar surface area (TPSA) is 138 Å². The second kappa shape index (κ2) is 9.56. The lowest BCUT2D eigenvalue weighted by atomic mass is 10.2. The van der Waals surface area contributed by atoms with Gasteiger partial charge in [-0.15, -0.1) is 0 Å². The van der Waals surface area contributed by atoms with Crippen molar-refractivity contribution in [2.24, 2.45) is 0 Å². The number of imidazole rings is 1. The van der Waals surface area contributed by atoms with Crippen molar-refractivity contribution in [3.8, 4) is 6.01 Å². The number of amides is 1. The number of ether oxygens (including phenoxy) is 2. The first-order chi connectivity index (χ1) is 18.3. The number of nitrogens with one attached hydrogen (secondary N) is 1. The molecule has 206 valence electrons. The Balaban J connectivity index is 1.56. The molecule has 12 nitrogen and oxygen atoms in total. The highest BCUT2D eigenvalue weighted by Crippen LogP contribution is 2.31. The first kappa shape index (κ1) is 26.5. The molecule has 0 radical (unpaired) electrons. The molecule has 1 aliphatic rings. The molecule has 4 heterocycles. The maximum absolute atomic E-state index is 13.5. The van der Waals surface area contributed by atoms with Crippen LogP contribution in [0.1, 0.15) is 39.7 Å². The highest BCUT2D eigenvalue weighted by Gasteiger charge is 2.31. The van der Waals surface area contributed by atoms with Gasteiger partial charge in [0.2, 0.25) is 0 Å². The highest BCUT2D eigenvalue weighted by atomic mass is 32.2. The Morgan fingerprint density at radius 1 is 1.13 bits per heavy atom. The van der Waals surface area contributed by atoms with Gasteiger partial charge in [-0.1, -0.05) is 17.7 Å². The fourth-order valence-electron chi connectivity index (χ4n) is 4.58. The van der Waals surface area contributed by atoms with Crippen LogP contribution in [0, 0.1) is 6.92 Å². The predicted octanol–water partition coefficient (Wildman–Crippen LogP) is 3.09. The van der Waals surface area contributed by atoms with E-state index in [0.29, 0.717) is 35.9 Å². The monoisotopic (exact) mass is 554 g/mol. The summed E-state index contributed by atoms with van der Waals surface area (Å²) in [5.74, 6) is -0.557. The first-order valence-corrected chi connectivity index (χ1v) is 13.9. The third-order valence-corrected chi connectivity index (χ3v) is 7.91. The molecule has 39 heavy (non-hydrogen) atoms. The van der Waals surface area contributed by atoms with Crippen LogP contribution in [0.15, 0.2) is 47.6 Å². The van der Waals surface area contributed by atoms with Crippen molar-refractivity contribution >= 4 is 44.2 Å². The zero-order chi connectivity index (χ0) is 28.1. The molecule has 1 atom stereocenters. The minimum atomic E-state index is -3.92. The molecule has 3 aromatic heterocycles. The standard InChI is InChI=1S/C26H30N6O6S/c1-16-6-8-19(9-7-16)39(35,36)31-13-11-20-22-21(14-27-23(20)31)29-24(37-17(2)33)32(22)30-12-10-18(15-30)28-25(34)38-26(3,4)5/h6-9,11,13-14,18H,10,12,15H2,1-5H3,(H,28,34). The lowest BCUT2D eigenvalue weighted by Gasteiger charge is -2.24. The summed E-state index contributed by atoms with van der Waals surface area (Å²) < 4.78 is 40.5. The lowest BCUT2D eigenvalue weighted by molar-refractivity contribution is -0.132. The number of aromatic nitrogens is 4. The van der Waals surface area contributed by atoms with Gasteiger partial charge in [0, 0.05) is 25.1 Å². The number of esters is 1. The average molecular weight is 555 g/mol. The highest BCUT2D eigenvalue weighted by molar-refractivity contribution is 7.90. The van der Waals surface area contributed by atoms with E-state index < -0.39 is 27.7 Å². The number of hydrogen-bond acceptors (Lipinski definition) is 9. The number of fused-ring (bicyclic) bond motifs is 3. The average Bonchev–Trinajstić information content (AvgIpc) is 3.53. The fourth-order valence-corrected chi connectivity index (χ4v) is 5.88. The van der Waals surface area contributed by atoms with Crippen LogP contribution in [-0.4, -0.2) is 63.8 Å². The minimum absolute atomic E-state index is 0.0267. The van der Waals surface area contributed by atoms with Crippen molar-refractivity contribution in [3.05, 3.63) is 48.3 Å². The number of rotatable bonds is 5. The molecule has 0 saturated carbocycles. The van der Waals surface area contributed by atoms with Gasteiger partial charge in [-0.3, -0.25) is 4.79 Å².